The number of hydrogen-bond donors (Lipinski definition) is 0. The van der Waals surface area contributed by atoms with E-state index in [0.29, 0.717) is 6.61 Å². The number of aromatic nitrogens is 1. The van der Waals surface area contributed by atoms with Gasteiger partial charge in [-0.15, -0.1) is 0 Å². The van der Waals surface area contributed by atoms with Crippen molar-refractivity contribution in [1.29, 1.82) is 0 Å². The molecule has 3 nitrogen and oxygen atoms in total. The lowest BCUT2D eigenvalue weighted by Crippen LogP contribution is -3.00. The molecule has 4 rings (SSSR count). The zero-order chi connectivity index (χ0) is 17.3. The van der Waals surface area contributed by atoms with Crippen LogP contribution in [0.2, 0.25) is 0 Å². The summed E-state index contributed by atoms with van der Waals surface area (Å²) in [5.41, 5.74) is 4.64. The molecular weight excluding hydrogens is 366 g/mol. The highest BCUT2D eigenvalue weighted by Gasteiger charge is 2.51. The predicted molar refractivity (Wildman–Crippen MR) is 98.5 cm³/mol. The number of thiazole rings is 1. The van der Waals surface area contributed by atoms with E-state index < -0.39 is 0 Å². The first kappa shape index (κ1) is 19.4. The summed E-state index contributed by atoms with van der Waals surface area (Å²) >= 11 is 1.76. The molecule has 1 aromatic heterocycles. The molecule has 2 aromatic rings. The van der Waals surface area contributed by atoms with Gasteiger partial charge >= 0.3 is 5.97 Å². The van der Waals surface area contributed by atoms with Crippen molar-refractivity contribution in [1.82, 2.24) is 0 Å². The van der Waals surface area contributed by atoms with E-state index in [0.717, 1.165) is 38.1 Å². The molecule has 0 saturated heterocycles. The molecule has 2 aliphatic carbocycles. The standard InChI is InChI=1S/C21H26NO2S.ClH/c1-16-19(25-15-22(16)14-18-5-3-2-4-6-18)9-12-24-20(23)21-10-7-17(13-21)8-11-21;/h2-6,15,17H,7-14H2,1H3;1H/q+1;/p-1. The summed E-state index contributed by atoms with van der Waals surface area (Å²) in [6.07, 6.45) is 6.43. The molecule has 2 saturated carbocycles. The van der Waals surface area contributed by atoms with Crippen LogP contribution in [0.4, 0.5) is 0 Å². The minimum Gasteiger partial charge on any atom is -1.00 e. The van der Waals surface area contributed by atoms with Gasteiger partial charge in [-0.25, -0.2) is 0 Å². The van der Waals surface area contributed by atoms with Crippen LogP contribution in [0.25, 0.3) is 0 Å². The quantitative estimate of drug-likeness (QED) is 0.544. The third-order valence-corrected chi connectivity index (χ3v) is 7.23. The molecule has 0 radical (unpaired) electrons. The molecule has 0 amide bonds. The first-order valence-electron chi connectivity index (χ1n) is 9.34. The SMILES string of the molecule is Cc1c(CCOC(=O)C23CCC(CC2)C3)sc[n+]1Cc1ccccc1.[Cl-]. The van der Waals surface area contributed by atoms with E-state index in [2.05, 4.69) is 41.3 Å². The maximum atomic E-state index is 12.5. The zero-order valence-corrected chi connectivity index (χ0v) is 16.8. The van der Waals surface area contributed by atoms with Gasteiger partial charge in [-0.3, -0.25) is 4.79 Å². The summed E-state index contributed by atoms with van der Waals surface area (Å²) in [6, 6.07) is 10.5. The van der Waals surface area contributed by atoms with Crippen LogP contribution in [0.3, 0.4) is 0 Å². The van der Waals surface area contributed by atoms with Crippen LogP contribution in [0.15, 0.2) is 35.8 Å². The highest BCUT2D eigenvalue weighted by atomic mass is 35.5. The fourth-order valence-electron chi connectivity index (χ4n) is 4.50. The second-order valence-corrected chi connectivity index (χ2v) is 8.60. The minimum absolute atomic E-state index is 0. The maximum Gasteiger partial charge on any atom is 0.312 e. The Bertz CT molecular complexity index is 751. The molecule has 140 valence electrons. The molecular formula is C21H26ClNO2S. The Morgan fingerprint density at radius 3 is 2.65 bits per heavy atom. The average Bonchev–Trinajstić information content (AvgIpc) is 3.34. The van der Waals surface area contributed by atoms with E-state index in [1.165, 1.54) is 29.0 Å². The van der Waals surface area contributed by atoms with Crippen molar-refractivity contribution >= 4 is 17.3 Å². The molecule has 1 aromatic carbocycles. The van der Waals surface area contributed by atoms with Gasteiger partial charge in [0.15, 0.2) is 12.2 Å². The van der Waals surface area contributed by atoms with Gasteiger partial charge in [-0.1, -0.05) is 41.7 Å². The highest BCUT2D eigenvalue weighted by molar-refractivity contribution is 7.09. The molecule has 2 fully saturated rings. The summed E-state index contributed by atoms with van der Waals surface area (Å²) in [6.45, 7) is 3.57. The van der Waals surface area contributed by atoms with E-state index in [1.807, 2.05) is 6.07 Å². The van der Waals surface area contributed by atoms with E-state index in [-0.39, 0.29) is 23.8 Å². The van der Waals surface area contributed by atoms with E-state index in [1.54, 1.807) is 11.3 Å². The molecule has 0 aliphatic heterocycles. The average molecular weight is 392 g/mol. The van der Waals surface area contributed by atoms with Crippen molar-refractivity contribution in [3.05, 3.63) is 52.0 Å². The molecule has 2 aliphatic rings. The molecule has 2 bridgehead atoms. The molecule has 0 unspecified atom stereocenters. The Balaban J connectivity index is 0.00000196. The van der Waals surface area contributed by atoms with Gasteiger partial charge in [0.05, 0.1) is 16.9 Å². The first-order valence-corrected chi connectivity index (χ1v) is 10.2. The van der Waals surface area contributed by atoms with E-state index in [4.69, 9.17) is 4.74 Å². The number of carbonyl (C=O) groups is 1. The fourth-order valence-corrected chi connectivity index (χ4v) is 5.47. The smallest absolute Gasteiger partial charge is 0.312 e. The largest absolute Gasteiger partial charge is 1.00 e. The normalized spacial score (nSPS) is 23.7. The first-order chi connectivity index (χ1) is 12.2. The Labute approximate surface area is 165 Å². The number of benzene rings is 1. The number of esters is 1. The Morgan fingerprint density at radius 2 is 2.00 bits per heavy atom. The minimum atomic E-state index is -0.123. The van der Waals surface area contributed by atoms with Gasteiger partial charge in [0.25, 0.3) is 0 Å². The number of fused-ring (bicyclic) bond motifs is 2. The molecule has 1 heterocycles. The zero-order valence-electron chi connectivity index (χ0n) is 15.2. The van der Waals surface area contributed by atoms with Crippen LogP contribution in [-0.2, 0) is 22.5 Å². The maximum absolute atomic E-state index is 12.5. The van der Waals surface area contributed by atoms with Crippen LogP contribution in [0.5, 0.6) is 0 Å². The number of nitrogens with zero attached hydrogens (tertiary/aromatic N) is 1. The van der Waals surface area contributed by atoms with Crippen molar-refractivity contribution in [3.63, 3.8) is 0 Å². The van der Waals surface area contributed by atoms with Crippen LogP contribution in [-0.4, -0.2) is 12.6 Å². The second kappa shape index (κ2) is 8.10. The topological polar surface area (TPSA) is 30.2 Å². The molecule has 0 spiro atoms. The lowest BCUT2D eigenvalue weighted by atomic mass is 9.84. The van der Waals surface area contributed by atoms with Gasteiger partial charge < -0.3 is 17.1 Å². The van der Waals surface area contributed by atoms with Crippen molar-refractivity contribution in [3.8, 4) is 0 Å². The predicted octanol–water partition coefficient (Wildman–Crippen LogP) is 1.06. The molecule has 0 atom stereocenters. The number of rotatable bonds is 6. The number of hydrogen-bond acceptors (Lipinski definition) is 3. The van der Waals surface area contributed by atoms with Crippen LogP contribution in [0, 0.1) is 18.3 Å². The third kappa shape index (κ3) is 3.81. The Hall–Kier alpha value is -1.39. The van der Waals surface area contributed by atoms with Crippen LogP contribution >= 0.6 is 11.3 Å². The Kier molecular flexibility index (Phi) is 6.03. The van der Waals surface area contributed by atoms with Crippen LogP contribution in [0.1, 0.15) is 48.2 Å². The summed E-state index contributed by atoms with van der Waals surface area (Å²) in [4.78, 5) is 13.8. The third-order valence-electron chi connectivity index (χ3n) is 6.09. The van der Waals surface area contributed by atoms with Gasteiger partial charge in [0.2, 0.25) is 5.51 Å². The Morgan fingerprint density at radius 1 is 1.27 bits per heavy atom. The van der Waals surface area contributed by atoms with Crippen molar-refractivity contribution in [2.24, 2.45) is 11.3 Å². The number of halogens is 1. The fraction of sp³-hybridized carbons (Fsp3) is 0.524. The number of ether oxygens (including phenoxy) is 1. The van der Waals surface area contributed by atoms with E-state index in [9.17, 15) is 4.79 Å². The lowest BCUT2D eigenvalue weighted by Gasteiger charge is -2.23. The number of carbonyl (C=O) groups excluding carboxylic acids is 1. The van der Waals surface area contributed by atoms with Gasteiger partial charge in [-0.2, -0.15) is 4.57 Å². The van der Waals surface area contributed by atoms with Crippen molar-refractivity contribution < 1.29 is 26.5 Å². The monoisotopic (exact) mass is 391 g/mol. The summed E-state index contributed by atoms with van der Waals surface area (Å²) in [5.74, 6) is 0.850. The highest BCUT2D eigenvalue weighted by Crippen LogP contribution is 2.54. The summed E-state index contributed by atoms with van der Waals surface area (Å²) in [7, 11) is 0. The molecule has 5 heteroatoms. The summed E-state index contributed by atoms with van der Waals surface area (Å²) < 4.78 is 7.98. The van der Waals surface area contributed by atoms with Crippen molar-refractivity contribution in [2.45, 2.75) is 52.0 Å². The summed E-state index contributed by atoms with van der Waals surface area (Å²) in [5, 5.41) is 0. The molecule has 26 heavy (non-hydrogen) atoms. The van der Waals surface area contributed by atoms with Gasteiger partial charge in [0.1, 0.15) is 0 Å². The molecule has 0 N–H and O–H groups in total. The second-order valence-electron chi connectivity index (χ2n) is 7.66. The van der Waals surface area contributed by atoms with Gasteiger partial charge in [-0.05, 0) is 38.0 Å². The lowest BCUT2D eigenvalue weighted by molar-refractivity contribution is -0.689. The van der Waals surface area contributed by atoms with E-state index >= 15 is 0 Å². The van der Waals surface area contributed by atoms with Gasteiger partial charge in [0, 0.05) is 18.9 Å². The van der Waals surface area contributed by atoms with Crippen LogP contribution < -0.4 is 17.0 Å². The van der Waals surface area contributed by atoms with Crippen molar-refractivity contribution in [2.75, 3.05) is 6.61 Å².